The number of aromatic amines is 1. The van der Waals surface area contributed by atoms with Crippen LogP contribution in [0.15, 0.2) is 24.3 Å². The van der Waals surface area contributed by atoms with Gasteiger partial charge in [0.2, 0.25) is 0 Å². The minimum Gasteiger partial charge on any atom is -0.497 e. The maximum Gasteiger partial charge on any atom is 0.131 e. The Labute approximate surface area is 123 Å². The number of benzene rings is 1. The van der Waals surface area contributed by atoms with Crippen LogP contribution < -0.4 is 9.47 Å². The Bertz CT molecular complexity index is 653. The average molecular weight is 290 g/mol. The number of aryl methyl sites for hydroxylation is 1. The number of methoxy groups -OCH3 is 2. The fourth-order valence-corrected chi connectivity index (χ4v) is 2.26. The summed E-state index contributed by atoms with van der Waals surface area (Å²) < 4.78 is 11.2. The second-order valence-electron chi connectivity index (χ2n) is 4.40. The average Bonchev–Trinajstić information content (AvgIpc) is 2.46. The molecule has 106 valence electrons. The molecule has 0 aliphatic heterocycles. The van der Waals surface area contributed by atoms with Gasteiger partial charge in [0.25, 0.3) is 0 Å². The first-order chi connectivity index (χ1) is 9.67. The maximum absolute atomic E-state index is 5.43. The van der Waals surface area contributed by atoms with Crippen LogP contribution >= 0.6 is 12.2 Å². The predicted octanol–water partition coefficient (Wildman–Crippen LogP) is 3.78. The highest BCUT2D eigenvalue weighted by molar-refractivity contribution is 7.71. The van der Waals surface area contributed by atoms with Crippen LogP contribution in [0.25, 0.3) is 11.3 Å². The molecule has 4 nitrogen and oxygen atoms in total. The predicted molar refractivity (Wildman–Crippen MR) is 82.0 cm³/mol. The zero-order valence-corrected chi connectivity index (χ0v) is 12.7. The molecule has 1 N–H and O–H groups in total. The molecule has 0 saturated carbocycles. The van der Waals surface area contributed by atoms with Crippen LogP contribution in [0.1, 0.15) is 19.2 Å². The summed E-state index contributed by atoms with van der Waals surface area (Å²) in [5, 5.41) is 0. The Morgan fingerprint density at radius 2 is 2.00 bits per heavy atom. The first-order valence-corrected chi connectivity index (χ1v) is 6.91. The van der Waals surface area contributed by atoms with Gasteiger partial charge in [0.05, 0.1) is 19.9 Å². The van der Waals surface area contributed by atoms with Crippen molar-refractivity contribution < 1.29 is 9.47 Å². The van der Waals surface area contributed by atoms with Crippen molar-refractivity contribution in [2.75, 3.05) is 14.2 Å². The van der Waals surface area contributed by atoms with Crippen LogP contribution in [0.4, 0.5) is 0 Å². The molecule has 0 spiro atoms. The van der Waals surface area contributed by atoms with Crippen LogP contribution in [0, 0.1) is 4.64 Å². The van der Waals surface area contributed by atoms with Gasteiger partial charge in [-0.3, -0.25) is 0 Å². The van der Waals surface area contributed by atoms with E-state index in [1.807, 2.05) is 24.3 Å². The van der Waals surface area contributed by atoms with Crippen molar-refractivity contribution in [2.24, 2.45) is 0 Å². The summed E-state index contributed by atoms with van der Waals surface area (Å²) in [4.78, 5) is 7.65. The van der Waals surface area contributed by atoms with Crippen molar-refractivity contribution in [3.63, 3.8) is 0 Å². The van der Waals surface area contributed by atoms with Crippen LogP contribution in [0.3, 0.4) is 0 Å². The van der Waals surface area contributed by atoms with E-state index >= 15 is 0 Å². The molecule has 0 bridgehead atoms. The number of nitrogens with one attached hydrogen (secondary N) is 1. The molecule has 0 radical (unpaired) electrons. The summed E-state index contributed by atoms with van der Waals surface area (Å²) >= 11 is 5.23. The third-order valence-corrected chi connectivity index (χ3v) is 3.19. The van der Waals surface area contributed by atoms with Gasteiger partial charge in [-0.1, -0.05) is 19.1 Å². The molecule has 0 atom stereocenters. The number of hydrogen-bond acceptors (Lipinski definition) is 4. The van der Waals surface area contributed by atoms with Crippen LogP contribution in [-0.4, -0.2) is 24.2 Å². The zero-order valence-electron chi connectivity index (χ0n) is 11.9. The van der Waals surface area contributed by atoms with E-state index in [0.29, 0.717) is 4.64 Å². The lowest BCUT2D eigenvalue weighted by Crippen LogP contribution is -1.98. The normalized spacial score (nSPS) is 10.3. The van der Waals surface area contributed by atoms with Gasteiger partial charge in [-0.05, 0) is 24.6 Å². The molecule has 1 heterocycles. The number of hydrogen-bond donors (Lipinski definition) is 1. The third-order valence-electron chi connectivity index (χ3n) is 2.98. The van der Waals surface area contributed by atoms with Gasteiger partial charge in [0.15, 0.2) is 0 Å². The number of nitrogens with zero attached hydrogens (tertiary/aromatic N) is 1. The Balaban J connectivity index is 2.52. The van der Waals surface area contributed by atoms with E-state index < -0.39 is 0 Å². The number of rotatable bonds is 5. The maximum atomic E-state index is 5.43. The standard InChI is InChI=1S/C15H18N2O2S/c1-4-5-14-16-12(9-15(20)17-14)11-7-6-10(18-2)8-13(11)19-3/h6-9H,4-5H2,1-3H3,(H,16,17,20). The van der Waals surface area contributed by atoms with Gasteiger partial charge in [-0.2, -0.15) is 0 Å². The van der Waals surface area contributed by atoms with E-state index in [2.05, 4.69) is 16.9 Å². The molecule has 0 unspecified atom stereocenters. The first kappa shape index (κ1) is 14.5. The highest BCUT2D eigenvalue weighted by Gasteiger charge is 2.09. The van der Waals surface area contributed by atoms with Crippen LogP contribution in [-0.2, 0) is 6.42 Å². The second kappa shape index (κ2) is 6.52. The lowest BCUT2D eigenvalue weighted by molar-refractivity contribution is 0.395. The summed E-state index contributed by atoms with van der Waals surface area (Å²) in [7, 11) is 3.27. The summed E-state index contributed by atoms with van der Waals surface area (Å²) in [6, 6.07) is 7.55. The number of ether oxygens (including phenoxy) is 2. The molecule has 0 amide bonds. The monoisotopic (exact) mass is 290 g/mol. The number of aromatic nitrogens is 2. The second-order valence-corrected chi connectivity index (χ2v) is 4.81. The summed E-state index contributed by atoms with van der Waals surface area (Å²) in [6.45, 7) is 2.11. The minimum atomic E-state index is 0.583. The molecular weight excluding hydrogens is 272 g/mol. The lowest BCUT2D eigenvalue weighted by Gasteiger charge is -2.11. The Kier molecular flexibility index (Phi) is 4.74. The summed E-state index contributed by atoms with van der Waals surface area (Å²) in [5.74, 6) is 2.39. The van der Waals surface area contributed by atoms with E-state index in [1.165, 1.54) is 0 Å². The first-order valence-electron chi connectivity index (χ1n) is 6.50. The van der Waals surface area contributed by atoms with Crippen LogP contribution in [0.5, 0.6) is 11.5 Å². The highest BCUT2D eigenvalue weighted by atomic mass is 32.1. The SMILES string of the molecule is CCCc1nc(=S)cc(-c2ccc(OC)cc2OC)[nH]1. The zero-order chi connectivity index (χ0) is 14.5. The molecule has 2 aromatic rings. The number of H-pyrrole nitrogens is 1. The molecule has 5 heteroatoms. The fraction of sp³-hybridized carbons (Fsp3) is 0.333. The molecule has 1 aromatic heterocycles. The van der Waals surface area contributed by atoms with Gasteiger partial charge < -0.3 is 14.5 Å². The highest BCUT2D eigenvalue weighted by Crippen LogP contribution is 2.32. The molecule has 0 aliphatic rings. The van der Waals surface area contributed by atoms with Crippen molar-refractivity contribution in [3.8, 4) is 22.8 Å². The summed E-state index contributed by atoms with van der Waals surface area (Å²) in [6.07, 6.45) is 1.89. The molecule has 0 fully saturated rings. The van der Waals surface area contributed by atoms with Crippen molar-refractivity contribution in [2.45, 2.75) is 19.8 Å². The molecule has 2 rings (SSSR count). The molecule has 0 aliphatic carbocycles. The lowest BCUT2D eigenvalue weighted by atomic mass is 10.1. The van der Waals surface area contributed by atoms with E-state index in [0.717, 1.165) is 41.4 Å². The smallest absolute Gasteiger partial charge is 0.131 e. The fourth-order valence-electron chi connectivity index (χ4n) is 2.03. The quantitative estimate of drug-likeness (QED) is 0.851. The Morgan fingerprint density at radius 1 is 1.20 bits per heavy atom. The van der Waals surface area contributed by atoms with Gasteiger partial charge in [-0.15, -0.1) is 0 Å². The van der Waals surface area contributed by atoms with Crippen LogP contribution in [0.2, 0.25) is 0 Å². The van der Waals surface area contributed by atoms with E-state index in [-0.39, 0.29) is 0 Å². The van der Waals surface area contributed by atoms with Gasteiger partial charge in [-0.25, -0.2) is 4.98 Å². The van der Waals surface area contributed by atoms with Crippen molar-refractivity contribution in [1.29, 1.82) is 0 Å². The van der Waals surface area contributed by atoms with E-state index in [4.69, 9.17) is 21.7 Å². The van der Waals surface area contributed by atoms with E-state index in [9.17, 15) is 0 Å². The van der Waals surface area contributed by atoms with Gasteiger partial charge in [0.1, 0.15) is 22.0 Å². The van der Waals surface area contributed by atoms with Gasteiger partial charge in [0, 0.05) is 18.1 Å². The molecule has 0 saturated heterocycles. The van der Waals surface area contributed by atoms with Crippen molar-refractivity contribution in [3.05, 3.63) is 34.7 Å². The largest absolute Gasteiger partial charge is 0.497 e. The van der Waals surface area contributed by atoms with Crippen molar-refractivity contribution in [1.82, 2.24) is 9.97 Å². The molecule has 20 heavy (non-hydrogen) atoms. The minimum absolute atomic E-state index is 0.583. The summed E-state index contributed by atoms with van der Waals surface area (Å²) in [5.41, 5.74) is 1.85. The van der Waals surface area contributed by atoms with Gasteiger partial charge >= 0.3 is 0 Å². The Hall–Kier alpha value is -1.88. The molecular formula is C15H18N2O2S. The van der Waals surface area contributed by atoms with E-state index in [1.54, 1.807) is 14.2 Å². The Morgan fingerprint density at radius 3 is 2.65 bits per heavy atom. The third kappa shape index (κ3) is 3.17. The topological polar surface area (TPSA) is 47.1 Å². The molecule has 1 aromatic carbocycles. The van der Waals surface area contributed by atoms with Crippen molar-refractivity contribution >= 4 is 12.2 Å².